The third-order valence-corrected chi connectivity index (χ3v) is 2.78. The van der Waals surface area contributed by atoms with Gasteiger partial charge in [0, 0.05) is 25.2 Å². The molecule has 1 amide bonds. The highest BCUT2D eigenvalue weighted by Crippen LogP contribution is 2.22. The molecule has 0 fully saturated rings. The van der Waals surface area contributed by atoms with Gasteiger partial charge in [0.25, 0.3) is 11.6 Å². The number of nitro groups is 1. The minimum absolute atomic E-state index is 0.0877. The summed E-state index contributed by atoms with van der Waals surface area (Å²) in [7, 11) is 1.53. The van der Waals surface area contributed by atoms with Gasteiger partial charge < -0.3 is 4.90 Å². The molecule has 0 radical (unpaired) electrons. The minimum atomic E-state index is -0.710. The molecule has 0 heterocycles. The van der Waals surface area contributed by atoms with E-state index in [-0.39, 0.29) is 22.9 Å². The predicted octanol–water partition coefficient (Wildman–Crippen LogP) is 2.52. The van der Waals surface area contributed by atoms with Gasteiger partial charge >= 0.3 is 0 Å². The van der Waals surface area contributed by atoms with Crippen molar-refractivity contribution in [1.29, 1.82) is 0 Å². The van der Waals surface area contributed by atoms with Crippen molar-refractivity contribution in [3.8, 4) is 0 Å². The third-order valence-electron chi connectivity index (χ3n) is 2.78. The number of hydrogen-bond acceptors (Lipinski definition) is 3. The van der Waals surface area contributed by atoms with Crippen molar-refractivity contribution in [1.82, 2.24) is 4.90 Å². The highest BCUT2D eigenvalue weighted by molar-refractivity contribution is 5.95. The lowest BCUT2D eigenvalue weighted by Crippen LogP contribution is -2.33. The van der Waals surface area contributed by atoms with Crippen molar-refractivity contribution in [3.63, 3.8) is 0 Å². The van der Waals surface area contributed by atoms with Gasteiger partial charge in [-0.15, -0.1) is 0 Å². The number of carbonyl (C=O) groups excluding carboxylic acids is 1. The molecule has 0 atom stereocenters. The molecule has 1 aromatic rings. The van der Waals surface area contributed by atoms with Crippen LogP contribution in [-0.4, -0.2) is 28.8 Å². The molecule has 98 valence electrons. The quantitative estimate of drug-likeness (QED) is 0.615. The number of nitrogens with zero attached hydrogens (tertiary/aromatic N) is 2. The zero-order valence-electron chi connectivity index (χ0n) is 10.7. The normalized spacial score (nSPS) is 10.6. The molecule has 0 bridgehead atoms. The van der Waals surface area contributed by atoms with Gasteiger partial charge in [0.15, 0.2) is 0 Å². The average Bonchev–Trinajstić information content (AvgIpc) is 2.30. The molecule has 18 heavy (non-hydrogen) atoms. The second kappa shape index (κ2) is 5.12. The number of carbonyl (C=O) groups is 1. The molecule has 0 aromatic heterocycles. The van der Waals surface area contributed by atoms with Gasteiger partial charge in [-0.2, -0.15) is 0 Å². The van der Waals surface area contributed by atoms with Gasteiger partial charge in [0.1, 0.15) is 5.82 Å². The molecule has 0 saturated carbocycles. The summed E-state index contributed by atoms with van der Waals surface area (Å²) in [6.07, 6.45) is 0. The second-order valence-corrected chi connectivity index (χ2v) is 4.39. The molecule has 0 aliphatic heterocycles. The van der Waals surface area contributed by atoms with Crippen molar-refractivity contribution in [2.24, 2.45) is 0 Å². The molecule has 5 nitrogen and oxygen atoms in total. The summed E-state index contributed by atoms with van der Waals surface area (Å²) in [6.45, 7) is 4.95. The maximum atomic E-state index is 13.8. The van der Waals surface area contributed by atoms with Gasteiger partial charge in [-0.25, -0.2) is 4.39 Å². The molecule has 0 aliphatic carbocycles. The Morgan fingerprint density at radius 3 is 2.44 bits per heavy atom. The van der Waals surface area contributed by atoms with Crippen LogP contribution >= 0.6 is 0 Å². The smallest absolute Gasteiger partial charge is 0.270 e. The van der Waals surface area contributed by atoms with Gasteiger partial charge in [-0.1, -0.05) is 0 Å². The van der Waals surface area contributed by atoms with Crippen molar-refractivity contribution >= 4 is 11.6 Å². The summed E-state index contributed by atoms with van der Waals surface area (Å²) in [5, 5.41) is 10.7. The first-order valence-electron chi connectivity index (χ1n) is 5.47. The van der Waals surface area contributed by atoms with Crippen LogP contribution in [0.25, 0.3) is 0 Å². The molecule has 6 heteroatoms. The monoisotopic (exact) mass is 254 g/mol. The van der Waals surface area contributed by atoms with E-state index in [0.29, 0.717) is 0 Å². The number of halogens is 1. The van der Waals surface area contributed by atoms with E-state index in [1.165, 1.54) is 18.9 Å². The fraction of sp³-hybridized carbons (Fsp3) is 0.417. The molecule has 1 aromatic carbocycles. The van der Waals surface area contributed by atoms with Gasteiger partial charge in [-0.3, -0.25) is 14.9 Å². The molecule has 0 aliphatic rings. The predicted molar refractivity (Wildman–Crippen MR) is 65.0 cm³/mol. The van der Waals surface area contributed by atoms with Crippen LogP contribution in [0.4, 0.5) is 10.1 Å². The topological polar surface area (TPSA) is 63.5 Å². The van der Waals surface area contributed by atoms with E-state index in [1.54, 1.807) is 13.8 Å². The summed E-state index contributed by atoms with van der Waals surface area (Å²) in [5.74, 6) is -1.27. The summed E-state index contributed by atoms with van der Waals surface area (Å²) in [5.41, 5.74) is -0.461. The molecular weight excluding hydrogens is 239 g/mol. The van der Waals surface area contributed by atoms with Crippen molar-refractivity contribution in [2.45, 2.75) is 26.8 Å². The summed E-state index contributed by atoms with van der Waals surface area (Å²) in [4.78, 5) is 23.4. The standard InChI is InChI=1S/C12H15FN2O3/c1-7(2)14(4)12(16)10-6-9(15(17)18)5-8(3)11(10)13/h5-7H,1-4H3. The Balaban J connectivity index is 3.31. The number of nitro benzene ring substituents is 1. The molecule has 0 spiro atoms. The van der Waals surface area contributed by atoms with Crippen LogP contribution in [0, 0.1) is 22.9 Å². The first-order valence-corrected chi connectivity index (χ1v) is 5.47. The second-order valence-electron chi connectivity index (χ2n) is 4.39. The lowest BCUT2D eigenvalue weighted by atomic mass is 10.1. The van der Waals surface area contributed by atoms with Crippen LogP contribution in [-0.2, 0) is 0 Å². The first kappa shape index (κ1) is 14.1. The first-order chi connectivity index (χ1) is 8.25. The SMILES string of the molecule is Cc1cc([N+](=O)[O-])cc(C(=O)N(C)C(C)C)c1F. The average molecular weight is 254 g/mol. The minimum Gasteiger partial charge on any atom is -0.339 e. The Hall–Kier alpha value is -1.98. The van der Waals surface area contributed by atoms with Crippen molar-refractivity contribution < 1.29 is 14.1 Å². The molecule has 1 rings (SSSR count). The van der Waals surface area contributed by atoms with E-state index in [1.807, 2.05) is 0 Å². The van der Waals surface area contributed by atoms with E-state index >= 15 is 0 Å². The Labute approximate surface area is 104 Å². The van der Waals surface area contributed by atoms with Crippen LogP contribution in [0.2, 0.25) is 0 Å². The number of benzene rings is 1. The summed E-state index contributed by atoms with van der Waals surface area (Å²) >= 11 is 0. The Morgan fingerprint density at radius 1 is 1.44 bits per heavy atom. The van der Waals surface area contributed by atoms with E-state index in [4.69, 9.17) is 0 Å². The number of amides is 1. The highest BCUT2D eigenvalue weighted by atomic mass is 19.1. The summed E-state index contributed by atoms with van der Waals surface area (Å²) < 4.78 is 13.8. The maximum absolute atomic E-state index is 13.8. The molecule has 0 unspecified atom stereocenters. The molecule has 0 N–H and O–H groups in total. The van der Waals surface area contributed by atoms with Crippen LogP contribution in [0.3, 0.4) is 0 Å². The fourth-order valence-corrected chi connectivity index (χ4v) is 1.44. The number of non-ortho nitro benzene ring substituents is 1. The number of rotatable bonds is 3. The van der Waals surface area contributed by atoms with E-state index < -0.39 is 16.6 Å². The van der Waals surface area contributed by atoms with Crippen LogP contribution in [0.1, 0.15) is 29.8 Å². The van der Waals surface area contributed by atoms with Crippen LogP contribution in [0.15, 0.2) is 12.1 Å². The maximum Gasteiger partial charge on any atom is 0.270 e. The lowest BCUT2D eigenvalue weighted by molar-refractivity contribution is -0.385. The van der Waals surface area contributed by atoms with E-state index in [2.05, 4.69) is 0 Å². The Bertz CT molecular complexity index is 500. The van der Waals surface area contributed by atoms with Gasteiger partial charge in [0.2, 0.25) is 0 Å². The highest BCUT2D eigenvalue weighted by Gasteiger charge is 2.23. The number of hydrogen-bond donors (Lipinski definition) is 0. The Morgan fingerprint density at radius 2 is 2.00 bits per heavy atom. The molecule has 0 saturated heterocycles. The largest absolute Gasteiger partial charge is 0.339 e. The van der Waals surface area contributed by atoms with Crippen molar-refractivity contribution in [2.75, 3.05) is 7.05 Å². The Kier molecular flexibility index (Phi) is 4.00. The zero-order valence-corrected chi connectivity index (χ0v) is 10.7. The fourth-order valence-electron chi connectivity index (χ4n) is 1.44. The molecular formula is C12H15FN2O3. The van der Waals surface area contributed by atoms with Gasteiger partial charge in [-0.05, 0) is 26.3 Å². The number of aryl methyl sites for hydroxylation is 1. The van der Waals surface area contributed by atoms with E-state index in [0.717, 1.165) is 12.1 Å². The summed E-state index contributed by atoms with van der Waals surface area (Å²) in [6, 6.07) is 1.97. The third kappa shape index (κ3) is 2.64. The lowest BCUT2D eigenvalue weighted by Gasteiger charge is -2.21. The van der Waals surface area contributed by atoms with Crippen LogP contribution < -0.4 is 0 Å². The van der Waals surface area contributed by atoms with Crippen molar-refractivity contribution in [3.05, 3.63) is 39.2 Å². The zero-order chi connectivity index (χ0) is 14.0. The van der Waals surface area contributed by atoms with Crippen LogP contribution in [0.5, 0.6) is 0 Å². The van der Waals surface area contributed by atoms with E-state index in [9.17, 15) is 19.3 Å². The van der Waals surface area contributed by atoms with Gasteiger partial charge in [0.05, 0.1) is 10.5 Å².